The number of carboxylic acid groups (broad SMARTS) is 1. The Morgan fingerprint density at radius 3 is 2.82 bits per heavy atom. The Bertz CT molecular complexity index is 594. The quantitative estimate of drug-likeness (QED) is 0.916. The predicted octanol–water partition coefficient (Wildman–Crippen LogP) is 3.76. The van der Waals surface area contributed by atoms with Crippen LogP contribution in [0, 0.1) is 6.92 Å². The standard InChI is InChI=1S/C11H7BrClNO3/c1-5-9(11(15)16)17-10(14-5)6-3-2-4-7(12)8(6)13/h2-4H,1H3,(H,15,16). The Hall–Kier alpha value is -1.33. The fraction of sp³-hybridized carbons (Fsp3) is 0.0909. The zero-order valence-corrected chi connectivity index (χ0v) is 11.0. The first-order valence-electron chi connectivity index (χ1n) is 4.66. The number of benzene rings is 1. The van der Waals surface area contributed by atoms with Gasteiger partial charge in [0.2, 0.25) is 11.7 Å². The summed E-state index contributed by atoms with van der Waals surface area (Å²) in [5, 5.41) is 9.31. The minimum atomic E-state index is -1.15. The van der Waals surface area contributed by atoms with E-state index in [1.807, 2.05) is 0 Å². The summed E-state index contributed by atoms with van der Waals surface area (Å²) in [6, 6.07) is 5.26. The molecule has 1 aromatic carbocycles. The molecule has 0 bridgehead atoms. The number of carboxylic acids is 1. The van der Waals surface area contributed by atoms with Crippen LogP contribution in [0.2, 0.25) is 5.02 Å². The number of hydrogen-bond acceptors (Lipinski definition) is 3. The van der Waals surface area contributed by atoms with Gasteiger partial charge in [-0.3, -0.25) is 0 Å². The molecule has 0 aliphatic rings. The molecule has 0 saturated carbocycles. The third kappa shape index (κ3) is 2.21. The number of aryl methyl sites for hydroxylation is 1. The van der Waals surface area contributed by atoms with Crippen LogP contribution in [0.15, 0.2) is 27.1 Å². The van der Waals surface area contributed by atoms with E-state index in [9.17, 15) is 4.79 Å². The molecule has 1 N–H and O–H groups in total. The van der Waals surface area contributed by atoms with E-state index in [1.165, 1.54) is 0 Å². The fourth-order valence-corrected chi connectivity index (χ4v) is 1.95. The van der Waals surface area contributed by atoms with Gasteiger partial charge in [0.1, 0.15) is 0 Å². The van der Waals surface area contributed by atoms with Crippen LogP contribution in [0.4, 0.5) is 0 Å². The lowest BCUT2D eigenvalue weighted by Crippen LogP contribution is -1.95. The Kier molecular flexibility index (Phi) is 3.22. The number of aromatic carboxylic acids is 1. The average molecular weight is 317 g/mol. The highest BCUT2D eigenvalue weighted by molar-refractivity contribution is 9.10. The number of halogens is 2. The van der Waals surface area contributed by atoms with E-state index < -0.39 is 5.97 Å². The topological polar surface area (TPSA) is 63.3 Å². The molecule has 1 aromatic heterocycles. The molecular formula is C11H7BrClNO3. The van der Waals surface area contributed by atoms with Gasteiger partial charge in [-0.05, 0) is 35.0 Å². The average Bonchev–Trinajstić information content (AvgIpc) is 2.64. The van der Waals surface area contributed by atoms with Gasteiger partial charge in [-0.15, -0.1) is 0 Å². The summed E-state index contributed by atoms with van der Waals surface area (Å²) in [6.45, 7) is 1.57. The maximum absolute atomic E-state index is 10.8. The lowest BCUT2D eigenvalue weighted by Gasteiger charge is -2.00. The number of carbonyl (C=O) groups is 1. The van der Waals surface area contributed by atoms with Crippen molar-refractivity contribution < 1.29 is 14.3 Å². The summed E-state index contributed by atoms with van der Waals surface area (Å²) in [6.07, 6.45) is 0. The maximum atomic E-state index is 10.8. The largest absolute Gasteiger partial charge is 0.475 e. The molecule has 0 unspecified atom stereocenters. The van der Waals surface area contributed by atoms with Crippen LogP contribution in [0.1, 0.15) is 16.2 Å². The molecule has 1 heterocycles. The summed E-state index contributed by atoms with van der Waals surface area (Å²) < 4.78 is 5.88. The second-order valence-corrected chi connectivity index (χ2v) is 4.57. The summed E-state index contributed by atoms with van der Waals surface area (Å²) in [4.78, 5) is 14.9. The molecule has 4 nitrogen and oxygen atoms in total. The van der Waals surface area contributed by atoms with Crippen LogP contribution in [-0.2, 0) is 0 Å². The zero-order valence-electron chi connectivity index (χ0n) is 8.70. The van der Waals surface area contributed by atoms with Gasteiger partial charge in [0.05, 0.1) is 16.3 Å². The van der Waals surface area contributed by atoms with Crippen molar-refractivity contribution in [3.8, 4) is 11.5 Å². The van der Waals surface area contributed by atoms with Gasteiger partial charge in [-0.2, -0.15) is 0 Å². The number of oxazole rings is 1. The minimum absolute atomic E-state index is 0.170. The third-order valence-corrected chi connectivity index (χ3v) is 3.47. The van der Waals surface area contributed by atoms with Crippen molar-refractivity contribution >= 4 is 33.5 Å². The fourth-order valence-electron chi connectivity index (χ4n) is 1.38. The van der Waals surface area contributed by atoms with Crippen molar-refractivity contribution in [2.45, 2.75) is 6.92 Å². The van der Waals surface area contributed by atoms with Gasteiger partial charge in [0.25, 0.3) is 0 Å². The lowest BCUT2D eigenvalue weighted by molar-refractivity contribution is 0.0662. The van der Waals surface area contributed by atoms with E-state index in [0.717, 1.165) is 0 Å². The first-order valence-corrected chi connectivity index (χ1v) is 5.83. The van der Waals surface area contributed by atoms with Gasteiger partial charge < -0.3 is 9.52 Å². The molecule has 0 spiro atoms. The van der Waals surface area contributed by atoms with Crippen LogP contribution < -0.4 is 0 Å². The van der Waals surface area contributed by atoms with Crippen LogP contribution in [0.5, 0.6) is 0 Å². The summed E-state index contributed by atoms with van der Waals surface area (Å²) >= 11 is 9.35. The molecule has 88 valence electrons. The molecular weight excluding hydrogens is 309 g/mol. The molecule has 2 aromatic rings. The lowest BCUT2D eigenvalue weighted by atomic mass is 10.2. The van der Waals surface area contributed by atoms with E-state index >= 15 is 0 Å². The first-order chi connectivity index (χ1) is 8.00. The molecule has 0 radical (unpaired) electrons. The van der Waals surface area contributed by atoms with E-state index in [1.54, 1.807) is 25.1 Å². The Balaban J connectivity index is 2.58. The highest BCUT2D eigenvalue weighted by atomic mass is 79.9. The Morgan fingerprint density at radius 2 is 2.24 bits per heavy atom. The molecule has 0 aliphatic carbocycles. The molecule has 0 aliphatic heterocycles. The second kappa shape index (κ2) is 4.50. The van der Waals surface area contributed by atoms with Crippen LogP contribution >= 0.6 is 27.5 Å². The Labute approximate surface area is 110 Å². The summed E-state index contributed by atoms with van der Waals surface area (Å²) in [5.74, 6) is -1.12. The van der Waals surface area contributed by atoms with Gasteiger partial charge in [0.15, 0.2) is 0 Å². The Morgan fingerprint density at radius 1 is 1.53 bits per heavy atom. The van der Waals surface area contributed by atoms with Crippen molar-refractivity contribution in [1.82, 2.24) is 4.98 Å². The number of rotatable bonds is 2. The minimum Gasteiger partial charge on any atom is -0.475 e. The van der Waals surface area contributed by atoms with Gasteiger partial charge in [0, 0.05) is 4.47 Å². The molecule has 0 atom stereocenters. The number of hydrogen-bond donors (Lipinski definition) is 1. The molecule has 2 rings (SSSR count). The van der Waals surface area contributed by atoms with Crippen LogP contribution in [0.25, 0.3) is 11.5 Å². The number of nitrogens with zero attached hydrogens (tertiary/aromatic N) is 1. The third-order valence-electron chi connectivity index (χ3n) is 2.17. The van der Waals surface area contributed by atoms with Crippen molar-refractivity contribution in [1.29, 1.82) is 0 Å². The van der Waals surface area contributed by atoms with E-state index in [-0.39, 0.29) is 11.7 Å². The number of aromatic nitrogens is 1. The van der Waals surface area contributed by atoms with Crippen LogP contribution in [-0.4, -0.2) is 16.1 Å². The zero-order chi connectivity index (χ0) is 12.6. The normalized spacial score (nSPS) is 10.5. The van der Waals surface area contributed by atoms with Gasteiger partial charge >= 0.3 is 5.97 Å². The van der Waals surface area contributed by atoms with Gasteiger partial charge in [-0.25, -0.2) is 9.78 Å². The van der Waals surface area contributed by atoms with Crippen molar-refractivity contribution in [3.05, 3.63) is 39.1 Å². The van der Waals surface area contributed by atoms with Crippen molar-refractivity contribution in [2.75, 3.05) is 0 Å². The highest BCUT2D eigenvalue weighted by Gasteiger charge is 2.19. The highest BCUT2D eigenvalue weighted by Crippen LogP contribution is 2.33. The SMILES string of the molecule is Cc1nc(-c2cccc(Br)c2Cl)oc1C(=O)O. The van der Waals surface area contributed by atoms with Crippen molar-refractivity contribution in [3.63, 3.8) is 0 Å². The summed E-state index contributed by atoms with van der Waals surface area (Å²) in [7, 11) is 0. The van der Waals surface area contributed by atoms with E-state index in [0.29, 0.717) is 20.8 Å². The smallest absolute Gasteiger partial charge is 0.373 e. The second-order valence-electron chi connectivity index (χ2n) is 3.34. The first kappa shape index (κ1) is 12.1. The molecule has 0 fully saturated rings. The maximum Gasteiger partial charge on any atom is 0.373 e. The molecule has 0 amide bonds. The van der Waals surface area contributed by atoms with Gasteiger partial charge in [-0.1, -0.05) is 17.7 Å². The summed E-state index contributed by atoms with van der Waals surface area (Å²) in [5.41, 5.74) is 0.875. The monoisotopic (exact) mass is 315 g/mol. The van der Waals surface area contributed by atoms with Crippen molar-refractivity contribution in [2.24, 2.45) is 0 Å². The molecule has 0 saturated heterocycles. The molecule has 6 heteroatoms. The predicted molar refractivity (Wildman–Crippen MR) is 66.3 cm³/mol. The van der Waals surface area contributed by atoms with Crippen LogP contribution in [0.3, 0.4) is 0 Å². The van der Waals surface area contributed by atoms with E-state index in [4.69, 9.17) is 21.1 Å². The molecule has 17 heavy (non-hydrogen) atoms. The van der Waals surface area contributed by atoms with E-state index in [2.05, 4.69) is 20.9 Å².